The van der Waals surface area contributed by atoms with Gasteiger partial charge in [0, 0.05) is 16.0 Å². The molecule has 1 heterocycles. The molecule has 1 N–H and O–H groups in total. The van der Waals surface area contributed by atoms with E-state index in [0.29, 0.717) is 5.92 Å². The van der Waals surface area contributed by atoms with Gasteiger partial charge in [0.25, 0.3) is 5.56 Å². The molecule has 2 nitrogen and oxygen atoms in total. The average molecular weight is 223 g/mol. The topological polar surface area (TPSA) is 32.9 Å². The summed E-state index contributed by atoms with van der Waals surface area (Å²) < 4.78 is 0. The molecule has 17 heavy (non-hydrogen) atoms. The number of allylic oxidation sites excluding steroid dienone is 2. The van der Waals surface area contributed by atoms with Gasteiger partial charge in [0.2, 0.25) is 0 Å². The Bertz CT molecular complexity index is 781. The maximum absolute atomic E-state index is 11.9. The first kappa shape index (κ1) is 10.1. The molecule has 0 saturated heterocycles. The van der Waals surface area contributed by atoms with Crippen LogP contribution in [0, 0.1) is 5.92 Å². The third kappa shape index (κ3) is 1.62. The lowest BCUT2D eigenvalue weighted by Gasteiger charge is -2.00. The molecule has 1 aromatic carbocycles. The third-order valence-electron chi connectivity index (χ3n) is 3.11. The van der Waals surface area contributed by atoms with Crippen LogP contribution in [0.2, 0.25) is 0 Å². The molecule has 84 valence electrons. The van der Waals surface area contributed by atoms with Gasteiger partial charge in [-0.2, -0.15) is 0 Å². The number of benzene rings is 1. The van der Waals surface area contributed by atoms with Crippen LogP contribution in [0.4, 0.5) is 0 Å². The van der Waals surface area contributed by atoms with Crippen LogP contribution in [0.3, 0.4) is 0 Å². The van der Waals surface area contributed by atoms with E-state index in [1.165, 1.54) is 0 Å². The van der Waals surface area contributed by atoms with Crippen molar-refractivity contribution in [2.24, 2.45) is 5.92 Å². The Labute approximate surface area is 98.6 Å². The fraction of sp³-hybridized carbons (Fsp3) is 0.133. The zero-order chi connectivity index (χ0) is 11.8. The van der Waals surface area contributed by atoms with Crippen molar-refractivity contribution < 1.29 is 0 Å². The predicted molar refractivity (Wildman–Crippen MR) is 71.1 cm³/mol. The lowest BCUT2D eigenvalue weighted by molar-refractivity contribution is 0.997. The van der Waals surface area contributed by atoms with Gasteiger partial charge in [-0.1, -0.05) is 43.4 Å². The molecular weight excluding hydrogens is 210 g/mol. The van der Waals surface area contributed by atoms with Crippen molar-refractivity contribution in [3.8, 4) is 0 Å². The molecule has 0 spiro atoms. The van der Waals surface area contributed by atoms with E-state index in [4.69, 9.17) is 0 Å². The van der Waals surface area contributed by atoms with E-state index in [1.54, 1.807) is 0 Å². The summed E-state index contributed by atoms with van der Waals surface area (Å²) in [5, 5.41) is 3.80. The lowest BCUT2D eigenvalue weighted by atomic mass is 10.1. The fourth-order valence-electron chi connectivity index (χ4n) is 2.27. The molecule has 0 fully saturated rings. The highest BCUT2D eigenvalue weighted by Gasteiger charge is 2.03. The fourth-order valence-corrected chi connectivity index (χ4v) is 2.27. The maximum Gasteiger partial charge on any atom is 0.256 e. The van der Waals surface area contributed by atoms with Gasteiger partial charge in [0.1, 0.15) is 0 Å². The predicted octanol–water partition coefficient (Wildman–Crippen LogP) is 1.30. The summed E-state index contributed by atoms with van der Waals surface area (Å²) in [5.74, 6) is 0.377. The van der Waals surface area contributed by atoms with E-state index in [-0.39, 0.29) is 5.56 Å². The van der Waals surface area contributed by atoms with Crippen LogP contribution in [0.1, 0.15) is 6.92 Å². The van der Waals surface area contributed by atoms with Crippen molar-refractivity contribution in [3.63, 3.8) is 0 Å². The van der Waals surface area contributed by atoms with Gasteiger partial charge in [0.05, 0.1) is 0 Å². The van der Waals surface area contributed by atoms with Crippen molar-refractivity contribution in [2.75, 3.05) is 0 Å². The Morgan fingerprint density at radius 2 is 1.94 bits per heavy atom. The van der Waals surface area contributed by atoms with Crippen LogP contribution in [0.5, 0.6) is 0 Å². The summed E-state index contributed by atoms with van der Waals surface area (Å²) in [6.07, 6.45) is 8.27. The van der Waals surface area contributed by atoms with Crippen LogP contribution in [-0.2, 0) is 0 Å². The van der Waals surface area contributed by atoms with Crippen molar-refractivity contribution in [3.05, 3.63) is 57.3 Å². The zero-order valence-electron chi connectivity index (χ0n) is 9.60. The summed E-state index contributed by atoms with van der Waals surface area (Å²) in [6, 6.07) is 7.74. The van der Waals surface area contributed by atoms with E-state index in [9.17, 15) is 4.79 Å². The normalized spacial score (nSPS) is 18.1. The van der Waals surface area contributed by atoms with Crippen LogP contribution >= 0.6 is 0 Å². The van der Waals surface area contributed by atoms with Crippen molar-refractivity contribution in [1.29, 1.82) is 0 Å². The molecule has 1 atom stereocenters. The molecule has 0 aliphatic heterocycles. The minimum atomic E-state index is -0.0213. The number of H-pyrrole nitrogens is 1. The number of aromatic nitrogens is 1. The molecule has 1 aromatic heterocycles. The largest absolute Gasteiger partial charge is 0.321 e. The van der Waals surface area contributed by atoms with Gasteiger partial charge in [-0.05, 0) is 23.4 Å². The van der Waals surface area contributed by atoms with Gasteiger partial charge in [-0.25, -0.2) is 0 Å². The Morgan fingerprint density at radius 1 is 1.18 bits per heavy atom. The van der Waals surface area contributed by atoms with E-state index in [2.05, 4.69) is 24.1 Å². The molecule has 1 unspecified atom stereocenters. The molecule has 1 aliphatic carbocycles. The van der Waals surface area contributed by atoms with E-state index in [0.717, 1.165) is 21.3 Å². The Morgan fingerprint density at radius 3 is 2.76 bits per heavy atom. The quantitative estimate of drug-likeness (QED) is 0.717. The van der Waals surface area contributed by atoms with E-state index < -0.39 is 0 Å². The smallest absolute Gasteiger partial charge is 0.256 e. The lowest BCUT2D eigenvalue weighted by Crippen LogP contribution is -2.35. The first-order valence-electron chi connectivity index (χ1n) is 5.77. The molecule has 0 radical (unpaired) electrons. The Hall–Kier alpha value is -2.09. The van der Waals surface area contributed by atoms with Gasteiger partial charge in [-0.3, -0.25) is 4.79 Å². The SMILES string of the molecule is CC1C=CC=c2[nH]c(=O)c3ccccc3c2=C1. The van der Waals surface area contributed by atoms with Crippen LogP contribution < -0.4 is 16.1 Å². The van der Waals surface area contributed by atoms with Gasteiger partial charge < -0.3 is 4.98 Å². The molecule has 2 heteroatoms. The number of hydrogen-bond acceptors (Lipinski definition) is 1. The number of fused-ring (bicyclic) bond motifs is 3. The highest BCUT2D eigenvalue weighted by atomic mass is 16.1. The first-order chi connectivity index (χ1) is 8.25. The van der Waals surface area contributed by atoms with Crippen LogP contribution in [-0.4, -0.2) is 4.98 Å². The monoisotopic (exact) mass is 223 g/mol. The molecular formula is C15H13NO. The summed E-state index contributed by atoms with van der Waals surface area (Å²) in [6.45, 7) is 2.14. The second kappa shape index (κ2) is 3.74. The maximum atomic E-state index is 11.9. The molecule has 0 bridgehead atoms. The molecule has 3 rings (SSSR count). The second-order valence-electron chi connectivity index (χ2n) is 4.40. The van der Waals surface area contributed by atoms with E-state index >= 15 is 0 Å². The Kier molecular flexibility index (Phi) is 2.22. The summed E-state index contributed by atoms with van der Waals surface area (Å²) in [7, 11) is 0. The second-order valence-corrected chi connectivity index (χ2v) is 4.40. The molecule has 0 amide bonds. The standard InChI is InChI=1S/C15H13NO/c1-10-5-4-8-14-13(9-10)11-6-2-3-7-12(11)15(17)16-14/h2-10H,1H3,(H,16,17). The van der Waals surface area contributed by atoms with Crippen molar-refractivity contribution >= 4 is 22.9 Å². The average Bonchev–Trinajstić information content (AvgIpc) is 2.51. The molecule has 0 saturated carbocycles. The highest BCUT2D eigenvalue weighted by Crippen LogP contribution is 2.05. The van der Waals surface area contributed by atoms with Crippen LogP contribution in [0.25, 0.3) is 22.9 Å². The number of pyridine rings is 1. The zero-order valence-corrected chi connectivity index (χ0v) is 9.60. The highest BCUT2D eigenvalue weighted by molar-refractivity contribution is 5.83. The first-order valence-corrected chi connectivity index (χ1v) is 5.77. The Balaban J connectivity index is 2.62. The number of hydrogen-bond donors (Lipinski definition) is 1. The minimum Gasteiger partial charge on any atom is -0.321 e. The van der Waals surface area contributed by atoms with E-state index in [1.807, 2.05) is 36.4 Å². The number of rotatable bonds is 0. The van der Waals surface area contributed by atoms with Crippen molar-refractivity contribution in [2.45, 2.75) is 6.92 Å². The summed E-state index contributed by atoms with van der Waals surface area (Å²) in [4.78, 5) is 14.9. The van der Waals surface area contributed by atoms with Gasteiger partial charge in [-0.15, -0.1) is 0 Å². The van der Waals surface area contributed by atoms with Gasteiger partial charge >= 0.3 is 0 Å². The number of nitrogens with one attached hydrogen (secondary N) is 1. The summed E-state index contributed by atoms with van der Waals surface area (Å²) in [5.41, 5.74) is -0.0213. The van der Waals surface area contributed by atoms with Crippen LogP contribution in [0.15, 0.2) is 41.2 Å². The number of aromatic amines is 1. The van der Waals surface area contributed by atoms with Gasteiger partial charge in [0.15, 0.2) is 0 Å². The minimum absolute atomic E-state index is 0.0213. The van der Waals surface area contributed by atoms with Crippen molar-refractivity contribution in [1.82, 2.24) is 4.98 Å². The third-order valence-corrected chi connectivity index (χ3v) is 3.11. The molecule has 2 aromatic rings. The summed E-state index contributed by atoms with van der Waals surface area (Å²) >= 11 is 0. The molecule has 1 aliphatic rings.